The minimum absolute atomic E-state index is 1.07. The Kier molecular flexibility index (Phi) is 5.13. The predicted molar refractivity (Wildman–Crippen MR) is 126 cm³/mol. The second-order valence-electron chi connectivity index (χ2n) is 9.36. The normalized spacial score (nSPS) is 20.0. The maximum atomic E-state index is 6.76. The van der Waals surface area contributed by atoms with Gasteiger partial charge in [0.05, 0.1) is 0 Å². The molecule has 1 fully saturated rings. The van der Waals surface area contributed by atoms with Crippen LogP contribution >= 0.6 is 8.16 Å². The monoisotopic (exact) mass is 421 g/mol. The Morgan fingerprint density at radius 3 is 1.60 bits per heavy atom. The largest absolute Gasteiger partial charge is 0.408 e. The van der Waals surface area contributed by atoms with Gasteiger partial charge >= 0.3 is 8.16 Å². The maximum Gasteiger partial charge on any atom is 0.309 e. The second kappa shape index (κ2) is 8.09. The molecule has 3 aliphatic rings. The summed E-state index contributed by atoms with van der Waals surface area (Å²) in [5.74, 6) is 0. The van der Waals surface area contributed by atoms with Crippen LogP contribution in [0.2, 0.25) is 0 Å². The fourth-order valence-corrected chi connectivity index (χ4v) is 7.35. The van der Waals surface area contributed by atoms with Crippen molar-refractivity contribution in [1.29, 1.82) is 0 Å². The first-order valence-electron chi connectivity index (χ1n) is 12.1. The molecule has 0 amide bonds. The van der Waals surface area contributed by atoms with Crippen molar-refractivity contribution >= 4 is 30.1 Å². The average Bonchev–Trinajstić information content (AvgIpc) is 3.16. The van der Waals surface area contributed by atoms with Crippen molar-refractivity contribution in [3.8, 4) is 0 Å². The summed E-state index contributed by atoms with van der Waals surface area (Å²) < 4.78 is 16.0. The van der Waals surface area contributed by atoms with Gasteiger partial charge in [-0.25, -0.2) is 4.67 Å². The van der Waals surface area contributed by atoms with Crippen LogP contribution in [-0.2, 0) is 25.7 Å². The first-order chi connectivity index (χ1) is 14.9. The molecule has 1 aliphatic heterocycles. The first kappa shape index (κ1) is 19.0. The lowest BCUT2D eigenvalue weighted by molar-refractivity contribution is 0.617. The van der Waals surface area contributed by atoms with Crippen LogP contribution < -0.4 is 4.67 Å². The zero-order valence-corrected chi connectivity index (χ0v) is 18.8. The van der Waals surface area contributed by atoms with Crippen LogP contribution in [0.4, 0.5) is 0 Å². The van der Waals surface area contributed by atoms with Gasteiger partial charge in [-0.2, -0.15) is 0 Å². The highest BCUT2D eigenvalue weighted by Gasteiger charge is 2.23. The first-order valence-corrected chi connectivity index (χ1v) is 13.2. The van der Waals surface area contributed by atoms with Gasteiger partial charge in [-0.05, 0) is 98.6 Å². The molecule has 2 aliphatic carbocycles. The molecule has 0 bridgehead atoms. The molecule has 0 radical (unpaired) electrons. The van der Waals surface area contributed by atoms with E-state index in [0.717, 1.165) is 24.3 Å². The van der Waals surface area contributed by atoms with E-state index >= 15 is 0 Å². The number of fused-ring (bicyclic) bond motifs is 7. The molecule has 0 N–H and O–H groups in total. The summed E-state index contributed by atoms with van der Waals surface area (Å²) in [6.45, 7) is 2.18. The molecule has 0 saturated carbocycles. The topological polar surface area (TPSA) is 29.5 Å². The Morgan fingerprint density at radius 2 is 1.07 bits per heavy atom. The van der Waals surface area contributed by atoms with Crippen molar-refractivity contribution in [3.05, 3.63) is 46.5 Å². The third-order valence-corrected chi connectivity index (χ3v) is 8.97. The SMILES string of the molecule is c1cc2op(N3CCCCCC3)oc3ccc4c(c3c2c2c1CCCC2)CCCC4. The van der Waals surface area contributed by atoms with Crippen molar-refractivity contribution in [2.24, 2.45) is 0 Å². The average molecular weight is 422 g/mol. The van der Waals surface area contributed by atoms with E-state index in [0.29, 0.717) is 0 Å². The van der Waals surface area contributed by atoms with Gasteiger partial charge in [-0.15, -0.1) is 0 Å². The van der Waals surface area contributed by atoms with Crippen molar-refractivity contribution in [2.45, 2.75) is 77.0 Å². The molecule has 1 saturated heterocycles. The third kappa shape index (κ3) is 3.31. The molecule has 0 atom stereocenters. The Hall–Kier alpha value is -1.70. The molecule has 1 aromatic heterocycles. The molecule has 30 heavy (non-hydrogen) atoms. The molecule has 158 valence electrons. The molecule has 4 heteroatoms. The Balaban J connectivity index is 1.70. The van der Waals surface area contributed by atoms with E-state index in [1.807, 2.05) is 0 Å². The Morgan fingerprint density at radius 1 is 0.567 bits per heavy atom. The lowest BCUT2D eigenvalue weighted by atomic mass is 9.84. The molecule has 2 aromatic carbocycles. The van der Waals surface area contributed by atoms with E-state index in [1.165, 1.54) is 110 Å². The van der Waals surface area contributed by atoms with Gasteiger partial charge in [0.2, 0.25) is 0 Å². The highest BCUT2D eigenvalue weighted by molar-refractivity contribution is 7.38. The van der Waals surface area contributed by atoms with E-state index in [4.69, 9.17) is 8.39 Å². The van der Waals surface area contributed by atoms with Gasteiger partial charge in [-0.1, -0.05) is 25.0 Å². The zero-order chi connectivity index (χ0) is 19.9. The van der Waals surface area contributed by atoms with Crippen molar-refractivity contribution in [1.82, 2.24) is 0 Å². The molecular weight excluding hydrogens is 389 g/mol. The summed E-state index contributed by atoms with van der Waals surface area (Å²) in [7, 11) is -1.10. The highest BCUT2D eigenvalue weighted by atomic mass is 31.1. The summed E-state index contributed by atoms with van der Waals surface area (Å²) in [6.07, 6.45) is 15.1. The van der Waals surface area contributed by atoms with Gasteiger partial charge in [0.1, 0.15) is 11.2 Å². The van der Waals surface area contributed by atoms with Crippen molar-refractivity contribution in [3.63, 3.8) is 0 Å². The lowest BCUT2D eigenvalue weighted by Crippen LogP contribution is -2.19. The van der Waals surface area contributed by atoms with E-state index in [9.17, 15) is 0 Å². The number of nitrogens with zero attached hydrogens (tertiary/aromatic N) is 1. The quantitative estimate of drug-likeness (QED) is 0.406. The van der Waals surface area contributed by atoms with Crippen LogP contribution in [0.15, 0.2) is 32.7 Å². The standard InChI is InChI=1S/C26H32NO2P/c1-2-8-18-27(17-7-1)30-28-23-15-13-19-9-3-5-11-21(19)25(23)26-22-12-6-4-10-20(22)14-16-24(26)29-30/h13-16H,1-12,17-18H2. The summed E-state index contributed by atoms with van der Waals surface area (Å²) >= 11 is 0. The molecule has 3 aromatic rings. The van der Waals surface area contributed by atoms with Crippen LogP contribution in [0.25, 0.3) is 21.9 Å². The predicted octanol–water partition coefficient (Wildman–Crippen LogP) is 7.56. The molecule has 2 heterocycles. The van der Waals surface area contributed by atoms with Crippen LogP contribution in [0, 0.1) is 0 Å². The molecular formula is C26H32NO2P. The van der Waals surface area contributed by atoms with E-state index in [1.54, 1.807) is 0 Å². The van der Waals surface area contributed by atoms with Gasteiger partial charge < -0.3 is 8.39 Å². The second-order valence-corrected chi connectivity index (χ2v) is 10.8. The van der Waals surface area contributed by atoms with Gasteiger partial charge in [0, 0.05) is 23.9 Å². The van der Waals surface area contributed by atoms with E-state index in [2.05, 4.69) is 28.9 Å². The zero-order valence-electron chi connectivity index (χ0n) is 17.9. The van der Waals surface area contributed by atoms with Gasteiger partial charge in [0.25, 0.3) is 0 Å². The number of benzene rings is 2. The summed E-state index contributed by atoms with van der Waals surface area (Å²) in [5.41, 5.74) is 8.28. The molecule has 6 rings (SSSR count). The van der Waals surface area contributed by atoms with E-state index < -0.39 is 8.16 Å². The fraction of sp³-hybridized carbons (Fsp3) is 0.538. The van der Waals surface area contributed by atoms with Gasteiger partial charge in [0.15, 0.2) is 0 Å². The summed E-state index contributed by atoms with van der Waals surface area (Å²) in [4.78, 5) is 0. The number of rotatable bonds is 1. The van der Waals surface area contributed by atoms with Crippen molar-refractivity contribution in [2.75, 3.05) is 17.8 Å². The Labute approximate surface area is 180 Å². The van der Waals surface area contributed by atoms with Crippen LogP contribution in [0.3, 0.4) is 0 Å². The minimum atomic E-state index is -1.10. The van der Waals surface area contributed by atoms with Crippen molar-refractivity contribution < 1.29 is 8.39 Å². The molecule has 3 nitrogen and oxygen atoms in total. The smallest absolute Gasteiger partial charge is 0.309 e. The number of hydrogen-bond donors (Lipinski definition) is 0. The van der Waals surface area contributed by atoms with Gasteiger partial charge in [-0.3, -0.25) is 0 Å². The van der Waals surface area contributed by atoms with Crippen LogP contribution in [0.1, 0.15) is 73.6 Å². The third-order valence-electron chi connectivity index (χ3n) is 7.41. The number of hydrogen-bond acceptors (Lipinski definition) is 3. The van der Waals surface area contributed by atoms with Crippen LogP contribution in [0.5, 0.6) is 0 Å². The number of aryl methyl sites for hydroxylation is 4. The maximum absolute atomic E-state index is 6.76. The summed E-state index contributed by atoms with van der Waals surface area (Å²) in [5, 5.41) is 2.75. The molecule has 0 spiro atoms. The minimum Gasteiger partial charge on any atom is -0.408 e. The lowest BCUT2D eigenvalue weighted by Gasteiger charge is -2.20. The highest BCUT2D eigenvalue weighted by Crippen LogP contribution is 2.43. The Bertz CT molecular complexity index is 1050. The summed E-state index contributed by atoms with van der Waals surface area (Å²) in [6, 6.07) is 9.19. The van der Waals surface area contributed by atoms with Crippen LogP contribution in [-0.4, -0.2) is 13.1 Å². The van der Waals surface area contributed by atoms with E-state index in [-0.39, 0.29) is 0 Å². The fourth-order valence-electron chi connectivity index (χ4n) is 5.83. The molecule has 0 unspecified atom stereocenters.